The largest absolute Gasteiger partial charge is 0.465 e. The number of hydrazone groups is 1. The van der Waals surface area contributed by atoms with Crippen molar-refractivity contribution in [2.24, 2.45) is 16.8 Å². The highest BCUT2D eigenvalue weighted by Gasteiger charge is 2.29. The van der Waals surface area contributed by atoms with Crippen LogP contribution >= 0.6 is 0 Å². The summed E-state index contributed by atoms with van der Waals surface area (Å²) < 4.78 is 4.91. The lowest BCUT2D eigenvalue weighted by Crippen LogP contribution is -2.28. The van der Waals surface area contributed by atoms with Gasteiger partial charge in [-0.15, -0.1) is 0 Å². The molecule has 3 N–H and O–H groups in total. The van der Waals surface area contributed by atoms with Crippen LogP contribution in [0, 0.1) is 5.92 Å². The maximum absolute atomic E-state index is 11.1. The van der Waals surface area contributed by atoms with Gasteiger partial charge < -0.3 is 10.5 Å². The molecule has 2 amide bonds. The van der Waals surface area contributed by atoms with Gasteiger partial charge in [-0.3, -0.25) is 4.79 Å². The molecule has 6 heteroatoms. The van der Waals surface area contributed by atoms with Crippen molar-refractivity contribution in [1.82, 2.24) is 5.43 Å². The van der Waals surface area contributed by atoms with Crippen LogP contribution in [0.1, 0.15) is 12.0 Å². The number of ether oxygens (including phenoxy) is 1. The number of nitrogens with two attached hydrogens (primary N) is 1. The molecule has 1 aliphatic heterocycles. The van der Waals surface area contributed by atoms with E-state index in [9.17, 15) is 9.59 Å². The lowest BCUT2D eigenvalue weighted by molar-refractivity contribution is -0.137. The molecule has 0 bridgehead atoms. The van der Waals surface area contributed by atoms with Crippen LogP contribution in [0.5, 0.6) is 0 Å². The third-order valence-corrected chi connectivity index (χ3v) is 2.60. The lowest BCUT2D eigenvalue weighted by Gasteiger charge is -2.10. The SMILES string of the molecule is NC(=O)N/N=C(/c1ccccc1)C1COC(=O)C1. The minimum Gasteiger partial charge on any atom is -0.465 e. The lowest BCUT2D eigenvalue weighted by atomic mass is 9.96. The van der Waals surface area contributed by atoms with E-state index in [0.717, 1.165) is 5.56 Å². The molecule has 0 radical (unpaired) electrons. The predicted molar refractivity (Wildman–Crippen MR) is 64.8 cm³/mol. The molecule has 0 saturated carbocycles. The fourth-order valence-corrected chi connectivity index (χ4v) is 1.80. The van der Waals surface area contributed by atoms with Gasteiger partial charge in [-0.25, -0.2) is 10.2 Å². The molecule has 6 nitrogen and oxygen atoms in total. The van der Waals surface area contributed by atoms with E-state index < -0.39 is 6.03 Å². The molecule has 94 valence electrons. The van der Waals surface area contributed by atoms with E-state index in [-0.39, 0.29) is 24.9 Å². The molecule has 1 aromatic rings. The first kappa shape index (κ1) is 12.1. The zero-order valence-corrected chi connectivity index (χ0v) is 9.63. The Bertz CT molecular complexity index is 485. The third kappa shape index (κ3) is 2.85. The number of urea groups is 1. The van der Waals surface area contributed by atoms with Crippen LogP contribution in [0.2, 0.25) is 0 Å². The van der Waals surface area contributed by atoms with Crippen LogP contribution < -0.4 is 11.2 Å². The Labute approximate surface area is 104 Å². The summed E-state index contributed by atoms with van der Waals surface area (Å²) in [6, 6.07) is 8.54. The van der Waals surface area contributed by atoms with Crippen molar-refractivity contribution in [2.45, 2.75) is 6.42 Å². The number of carbonyl (C=O) groups excluding carboxylic acids is 2. The maximum Gasteiger partial charge on any atom is 0.332 e. The van der Waals surface area contributed by atoms with Gasteiger partial charge in [-0.2, -0.15) is 5.10 Å². The number of hydrogen-bond donors (Lipinski definition) is 2. The van der Waals surface area contributed by atoms with E-state index in [1.54, 1.807) is 0 Å². The van der Waals surface area contributed by atoms with E-state index in [2.05, 4.69) is 10.5 Å². The highest BCUT2D eigenvalue weighted by molar-refractivity contribution is 6.04. The number of hydrogen-bond acceptors (Lipinski definition) is 4. The molecule has 0 spiro atoms. The fourth-order valence-electron chi connectivity index (χ4n) is 1.80. The second-order valence-electron chi connectivity index (χ2n) is 3.92. The predicted octanol–water partition coefficient (Wildman–Crippen LogP) is 0.622. The summed E-state index contributed by atoms with van der Waals surface area (Å²) >= 11 is 0. The van der Waals surface area contributed by atoms with Gasteiger partial charge in [0.25, 0.3) is 0 Å². The molecule has 1 saturated heterocycles. The smallest absolute Gasteiger partial charge is 0.332 e. The van der Waals surface area contributed by atoms with Crippen molar-refractivity contribution in [2.75, 3.05) is 6.61 Å². The van der Waals surface area contributed by atoms with Gasteiger partial charge in [0, 0.05) is 5.92 Å². The zero-order chi connectivity index (χ0) is 13.0. The molecule has 1 unspecified atom stereocenters. The van der Waals surface area contributed by atoms with Gasteiger partial charge in [0.2, 0.25) is 0 Å². The van der Waals surface area contributed by atoms with E-state index in [1.807, 2.05) is 30.3 Å². The molecule has 1 heterocycles. The Morgan fingerprint density at radius 3 is 2.67 bits per heavy atom. The first-order chi connectivity index (χ1) is 8.66. The van der Waals surface area contributed by atoms with E-state index in [0.29, 0.717) is 5.71 Å². The summed E-state index contributed by atoms with van der Waals surface area (Å²) in [5.74, 6) is -0.422. The average molecular weight is 247 g/mol. The van der Waals surface area contributed by atoms with E-state index >= 15 is 0 Å². The molecule has 1 fully saturated rings. The number of rotatable bonds is 3. The summed E-state index contributed by atoms with van der Waals surface area (Å²) in [5, 5.41) is 3.97. The first-order valence-corrected chi connectivity index (χ1v) is 5.51. The van der Waals surface area contributed by atoms with Gasteiger partial charge in [0.1, 0.15) is 6.61 Å². The van der Waals surface area contributed by atoms with Crippen LogP contribution in [0.15, 0.2) is 35.4 Å². The number of benzene rings is 1. The maximum atomic E-state index is 11.1. The van der Waals surface area contributed by atoms with E-state index in [1.165, 1.54) is 0 Å². The molecule has 1 aromatic carbocycles. The number of nitrogens with zero attached hydrogens (tertiary/aromatic N) is 1. The average Bonchev–Trinajstić information content (AvgIpc) is 2.77. The standard InChI is InChI=1S/C12H13N3O3/c13-12(17)15-14-11(8-4-2-1-3-5-8)9-6-10(16)18-7-9/h1-5,9H,6-7H2,(H3,13,15,17)/b14-11-. The zero-order valence-electron chi connectivity index (χ0n) is 9.63. The quantitative estimate of drug-likeness (QED) is 0.466. The number of nitrogens with one attached hydrogen (secondary N) is 1. The number of primary amides is 1. The Hall–Kier alpha value is -2.37. The highest BCUT2D eigenvalue weighted by Crippen LogP contribution is 2.20. The van der Waals surface area contributed by atoms with Crippen molar-refractivity contribution in [3.63, 3.8) is 0 Å². The van der Waals surface area contributed by atoms with Crippen molar-refractivity contribution >= 4 is 17.7 Å². The molecule has 1 aliphatic rings. The van der Waals surface area contributed by atoms with Gasteiger partial charge in [-0.1, -0.05) is 30.3 Å². The van der Waals surface area contributed by atoms with Gasteiger partial charge in [0.05, 0.1) is 12.1 Å². The van der Waals surface area contributed by atoms with Gasteiger partial charge in [0.15, 0.2) is 0 Å². The summed E-state index contributed by atoms with van der Waals surface area (Å²) in [6.45, 7) is 0.271. The molecule has 18 heavy (non-hydrogen) atoms. The van der Waals surface area contributed by atoms with Gasteiger partial charge >= 0.3 is 12.0 Å². The second-order valence-corrected chi connectivity index (χ2v) is 3.92. The molecule has 0 aromatic heterocycles. The van der Waals surface area contributed by atoms with Crippen molar-refractivity contribution < 1.29 is 14.3 Å². The number of cyclic esters (lactones) is 1. The molecule has 2 rings (SSSR count). The summed E-state index contributed by atoms with van der Waals surface area (Å²) in [6.07, 6.45) is 0.258. The van der Waals surface area contributed by atoms with E-state index in [4.69, 9.17) is 10.5 Å². The van der Waals surface area contributed by atoms with Crippen LogP contribution in [-0.2, 0) is 9.53 Å². The van der Waals surface area contributed by atoms with Crippen LogP contribution in [0.4, 0.5) is 4.79 Å². The summed E-state index contributed by atoms with van der Waals surface area (Å²) in [5.41, 5.74) is 8.61. The van der Waals surface area contributed by atoms with Gasteiger partial charge in [-0.05, 0) is 5.56 Å². The first-order valence-electron chi connectivity index (χ1n) is 5.51. The monoisotopic (exact) mass is 247 g/mol. The highest BCUT2D eigenvalue weighted by atomic mass is 16.5. The topological polar surface area (TPSA) is 93.8 Å². The fraction of sp³-hybridized carbons (Fsp3) is 0.250. The van der Waals surface area contributed by atoms with Crippen LogP contribution in [0.3, 0.4) is 0 Å². The van der Waals surface area contributed by atoms with Crippen LogP contribution in [0.25, 0.3) is 0 Å². The van der Waals surface area contributed by atoms with Crippen molar-refractivity contribution in [3.8, 4) is 0 Å². The molecule has 0 aliphatic carbocycles. The Morgan fingerprint density at radius 1 is 1.39 bits per heavy atom. The molecular formula is C12H13N3O3. The number of esters is 1. The Kier molecular flexibility index (Phi) is 3.57. The number of amides is 2. The van der Waals surface area contributed by atoms with Crippen molar-refractivity contribution in [1.29, 1.82) is 0 Å². The molecular weight excluding hydrogens is 234 g/mol. The Morgan fingerprint density at radius 2 is 2.11 bits per heavy atom. The summed E-state index contributed by atoms with van der Waals surface area (Å²) in [4.78, 5) is 21.9. The third-order valence-electron chi connectivity index (χ3n) is 2.60. The minimum atomic E-state index is -0.742. The Balaban J connectivity index is 2.26. The normalized spacial score (nSPS) is 19.4. The number of carbonyl (C=O) groups is 2. The second kappa shape index (κ2) is 5.31. The summed E-state index contributed by atoms with van der Waals surface area (Å²) in [7, 11) is 0. The van der Waals surface area contributed by atoms with Crippen molar-refractivity contribution in [3.05, 3.63) is 35.9 Å². The van der Waals surface area contributed by atoms with Crippen LogP contribution in [-0.4, -0.2) is 24.3 Å². The molecule has 1 atom stereocenters. The minimum absolute atomic E-state index is 0.160.